The highest BCUT2D eigenvalue weighted by atomic mass is 79.9. The number of carbonyl (C=O) groups is 1. The highest BCUT2D eigenvalue weighted by Crippen LogP contribution is 2.24. The summed E-state index contributed by atoms with van der Waals surface area (Å²) in [5.74, 6) is -0.331. The normalized spacial score (nSPS) is 10.5. The molecule has 1 heterocycles. The van der Waals surface area contributed by atoms with Gasteiger partial charge >= 0.3 is 5.97 Å². The van der Waals surface area contributed by atoms with Crippen molar-refractivity contribution >= 4 is 32.8 Å². The van der Waals surface area contributed by atoms with E-state index in [1.165, 1.54) is 0 Å². The number of pyridine rings is 1. The molecule has 0 bridgehead atoms. The maximum Gasteiger partial charge on any atom is 0.338 e. The van der Waals surface area contributed by atoms with E-state index in [1.54, 1.807) is 18.3 Å². The number of nitrogens with zero attached hydrogens (tertiary/aromatic N) is 1. The highest BCUT2D eigenvalue weighted by molar-refractivity contribution is 9.10. The molecule has 0 spiro atoms. The molecular formula is C17H12BrNO2. The molecule has 0 aliphatic carbocycles. The number of ether oxygens (including phenoxy) is 1. The predicted octanol–water partition coefficient (Wildman–Crippen LogP) is 4.35. The van der Waals surface area contributed by atoms with Gasteiger partial charge in [0.25, 0.3) is 0 Å². The molecular weight excluding hydrogens is 330 g/mol. The number of rotatable bonds is 3. The Morgan fingerprint density at radius 2 is 1.86 bits per heavy atom. The first-order valence-electron chi connectivity index (χ1n) is 6.50. The monoisotopic (exact) mass is 341 g/mol. The number of esters is 1. The van der Waals surface area contributed by atoms with Crippen LogP contribution in [-0.2, 0) is 11.3 Å². The van der Waals surface area contributed by atoms with E-state index in [0.29, 0.717) is 5.56 Å². The largest absolute Gasteiger partial charge is 0.457 e. The Balaban J connectivity index is 1.83. The van der Waals surface area contributed by atoms with E-state index in [-0.39, 0.29) is 12.6 Å². The summed E-state index contributed by atoms with van der Waals surface area (Å²) in [6.07, 6.45) is 1.73. The van der Waals surface area contributed by atoms with Crippen LogP contribution in [0.1, 0.15) is 15.9 Å². The van der Waals surface area contributed by atoms with E-state index >= 15 is 0 Å². The van der Waals surface area contributed by atoms with Crippen molar-refractivity contribution in [2.24, 2.45) is 0 Å². The minimum Gasteiger partial charge on any atom is -0.457 e. The topological polar surface area (TPSA) is 39.2 Å². The van der Waals surface area contributed by atoms with Gasteiger partial charge in [-0.3, -0.25) is 4.98 Å². The van der Waals surface area contributed by atoms with E-state index < -0.39 is 0 Å². The van der Waals surface area contributed by atoms with Crippen LogP contribution in [-0.4, -0.2) is 11.0 Å². The summed E-state index contributed by atoms with van der Waals surface area (Å²) in [7, 11) is 0. The molecule has 3 rings (SSSR count). The van der Waals surface area contributed by atoms with E-state index in [1.807, 2.05) is 42.5 Å². The van der Waals surface area contributed by atoms with Crippen LogP contribution in [0.2, 0.25) is 0 Å². The first kappa shape index (κ1) is 13.8. The van der Waals surface area contributed by atoms with E-state index in [2.05, 4.69) is 20.9 Å². The maximum atomic E-state index is 12.0. The SMILES string of the molecule is O=C(OCc1cccc2c(Br)ccnc12)c1ccccc1. The zero-order valence-corrected chi connectivity index (χ0v) is 12.7. The van der Waals surface area contributed by atoms with Gasteiger partial charge in [0.1, 0.15) is 6.61 Å². The molecule has 4 heteroatoms. The van der Waals surface area contributed by atoms with Gasteiger partial charge in [-0.2, -0.15) is 0 Å². The zero-order valence-electron chi connectivity index (χ0n) is 11.1. The van der Waals surface area contributed by atoms with E-state index in [9.17, 15) is 4.79 Å². The fourth-order valence-corrected chi connectivity index (χ4v) is 2.56. The summed E-state index contributed by atoms with van der Waals surface area (Å²) in [6.45, 7) is 0.203. The number of fused-ring (bicyclic) bond motifs is 1. The number of para-hydroxylation sites is 1. The van der Waals surface area contributed by atoms with Crippen molar-refractivity contribution in [1.82, 2.24) is 4.98 Å². The summed E-state index contributed by atoms with van der Waals surface area (Å²) in [6, 6.07) is 16.7. The van der Waals surface area contributed by atoms with E-state index in [4.69, 9.17) is 4.74 Å². The van der Waals surface area contributed by atoms with Crippen LogP contribution >= 0.6 is 15.9 Å². The number of benzene rings is 2. The van der Waals surface area contributed by atoms with Gasteiger partial charge < -0.3 is 4.74 Å². The maximum absolute atomic E-state index is 12.0. The number of halogens is 1. The second-order valence-corrected chi connectivity index (χ2v) is 5.40. The lowest BCUT2D eigenvalue weighted by Gasteiger charge is -2.08. The van der Waals surface area contributed by atoms with Crippen molar-refractivity contribution < 1.29 is 9.53 Å². The lowest BCUT2D eigenvalue weighted by Crippen LogP contribution is -2.05. The van der Waals surface area contributed by atoms with Crippen LogP contribution in [0.3, 0.4) is 0 Å². The van der Waals surface area contributed by atoms with Gasteiger partial charge in [-0.05, 0) is 18.2 Å². The Morgan fingerprint density at radius 1 is 1.05 bits per heavy atom. The van der Waals surface area contributed by atoms with Crippen LogP contribution in [0.15, 0.2) is 65.3 Å². The van der Waals surface area contributed by atoms with Gasteiger partial charge in [0.2, 0.25) is 0 Å². The molecule has 0 saturated heterocycles. The van der Waals surface area contributed by atoms with Gasteiger partial charge in [-0.25, -0.2) is 4.79 Å². The third kappa shape index (κ3) is 2.95. The molecule has 0 saturated carbocycles. The van der Waals surface area contributed by atoms with Gasteiger partial charge in [0.05, 0.1) is 11.1 Å². The molecule has 0 N–H and O–H groups in total. The van der Waals surface area contributed by atoms with Crippen LogP contribution in [0.5, 0.6) is 0 Å². The summed E-state index contributed by atoms with van der Waals surface area (Å²) in [5, 5.41) is 1.01. The van der Waals surface area contributed by atoms with Crippen molar-refractivity contribution in [2.75, 3.05) is 0 Å². The Hall–Kier alpha value is -2.20. The minimum absolute atomic E-state index is 0.203. The summed E-state index contributed by atoms with van der Waals surface area (Å²) >= 11 is 3.50. The molecule has 0 amide bonds. The van der Waals surface area contributed by atoms with Crippen molar-refractivity contribution in [3.8, 4) is 0 Å². The van der Waals surface area contributed by atoms with Crippen molar-refractivity contribution in [1.29, 1.82) is 0 Å². The molecule has 2 aromatic carbocycles. The molecule has 0 radical (unpaired) electrons. The van der Waals surface area contributed by atoms with Crippen molar-refractivity contribution in [2.45, 2.75) is 6.61 Å². The Morgan fingerprint density at radius 3 is 2.67 bits per heavy atom. The summed E-state index contributed by atoms with van der Waals surface area (Å²) < 4.78 is 6.34. The Kier molecular flexibility index (Phi) is 3.97. The average Bonchev–Trinajstić information content (AvgIpc) is 2.54. The zero-order chi connectivity index (χ0) is 14.7. The molecule has 0 aliphatic heterocycles. The molecule has 3 aromatic rings. The Labute approximate surface area is 130 Å². The second-order valence-electron chi connectivity index (χ2n) is 4.55. The number of hydrogen-bond donors (Lipinski definition) is 0. The average molecular weight is 342 g/mol. The van der Waals surface area contributed by atoms with Crippen LogP contribution in [0.4, 0.5) is 0 Å². The number of carbonyl (C=O) groups excluding carboxylic acids is 1. The molecule has 3 nitrogen and oxygen atoms in total. The molecule has 104 valence electrons. The van der Waals surface area contributed by atoms with Gasteiger partial charge in [-0.1, -0.05) is 52.3 Å². The number of aromatic nitrogens is 1. The lowest BCUT2D eigenvalue weighted by molar-refractivity contribution is 0.0474. The second kappa shape index (κ2) is 6.06. The molecule has 0 atom stereocenters. The molecule has 21 heavy (non-hydrogen) atoms. The van der Waals surface area contributed by atoms with Crippen LogP contribution in [0, 0.1) is 0 Å². The molecule has 0 unspecified atom stereocenters. The quantitative estimate of drug-likeness (QED) is 0.664. The lowest BCUT2D eigenvalue weighted by atomic mass is 10.1. The van der Waals surface area contributed by atoms with Crippen LogP contribution in [0.25, 0.3) is 10.9 Å². The fraction of sp³-hybridized carbons (Fsp3) is 0.0588. The van der Waals surface area contributed by atoms with Gasteiger partial charge in [-0.15, -0.1) is 0 Å². The number of hydrogen-bond acceptors (Lipinski definition) is 3. The first-order chi connectivity index (χ1) is 10.3. The third-order valence-electron chi connectivity index (χ3n) is 3.17. The third-order valence-corrected chi connectivity index (χ3v) is 3.86. The molecule has 1 aromatic heterocycles. The highest BCUT2D eigenvalue weighted by Gasteiger charge is 2.09. The predicted molar refractivity (Wildman–Crippen MR) is 85.0 cm³/mol. The van der Waals surface area contributed by atoms with Crippen LogP contribution < -0.4 is 0 Å². The molecule has 0 aliphatic rings. The van der Waals surface area contributed by atoms with Gasteiger partial charge in [0, 0.05) is 21.6 Å². The standard InChI is InChI=1S/C17H12BrNO2/c18-15-9-10-19-16-13(7-4-8-14(15)16)11-21-17(20)12-5-2-1-3-6-12/h1-10H,11H2. The summed E-state index contributed by atoms with van der Waals surface area (Å²) in [4.78, 5) is 16.3. The first-order valence-corrected chi connectivity index (χ1v) is 7.29. The molecule has 0 fully saturated rings. The smallest absolute Gasteiger partial charge is 0.338 e. The fourth-order valence-electron chi connectivity index (χ4n) is 2.12. The Bertz CT molecular complexity index is 787. The summed E-state index contributed by atoms with van der Waals surface area (Å²) in [5.41, 5.74) is 2.28. The van der Waals surface area contributed by atoms with E-state index in [0.717, 1.165) is 20.9 Å². The van der Waals surface area contributed by atoms with Crippen molar-refractivity contribution in [3.63, 3.8) is 0 Å². The van der Waals surface area contributed by atoms with Gasteiger partial charge in [0.15, 0.2) is 0 Å². The minimum atomic E-state index is -0.331. The van der Waals surface area contributed by atoms with Crippen molar-refractivity contribution in [3.05, 3.63) is 76.4 Å².